The maximum atomic E-state index is 11.3. The number of benzene rings is 1. The van der Waals surface area contributed by atoms with Gasteiger partial charge in [-0.15, -0.1) is 10.2 Å². The normalized spacial score (nSPS) is 9.95. The second-order valence-electron chi connectivity index (χ2n) is 3.25. The van der Waals surface area contributed by atoms with Gasteiger partial charge in [-0.05, 0) is 31.2 Å². The number of carboxylic acids is 1. The van der Waals surface area contributed by atoms with Crippen LogP contribution in [0, 0.1) is 5.41 Å². The molecule has 0 bridgehead atoms. The fourth-order valence-electron chi connectivity index (χ4n) is 1.09. The van der Waals surface area contributed by atoms with Crippen LogP contribution in [0.1, 0.15) is 17.3 Å². The molecule has 0 heterocycles. The van der Waals surface area contributed by atoms with E-state index in [-0.39, 0.29) is 17.9 Å². The Morgan fingerprint density at radius 1 is 1.37 bits per heavy atom. The Morgan fingerprint density at radius 2 is 2.00 bits per heavy atom. The molecule has 0 aliphatic carbocycles. The zero-order chi connectivity index (χ0) is 14.3. The summed E-state index contributed by atoms with van der Waals surface area (Å²) < 4.78 is 4.64. The third-order valence-corrected chi connectivity index (χ3v) is 1.97. The van der Waals surface area contributed by atoms with Crippen molar-refractivity contribution in [2.75, 3.05) is 6.61 Å². The lowest BCUT2D eigenvalue weighted by atomic mass is 10.2. The zero-order valence-corrected chi connectivity index (χ0v) is 10.1. The van der Waals surface area contributed by atoms with Crippen molar-refractivity contribution in [3.05, 3.63) is 35.5 Å². The SMILES string of the molecule is CCOC(=O)C(=C=N)N=Nc1ccc(C(=O)O)cc1. The number of hydrogen-bond donors (Lipinski definition) is 2. The highest BCUT2D eigenvalue weighted by molar-refractivity contribution is 5.96. The smallest absolute Gasteiger partial charge is 0.368 e. The number of nitrogens with zero attached hydrogens (tertiary/aromatic N) is 2. The van der Waals surface area contributed by atoms with Gasteiger partial charge in [-0.3, -0.25) is 5.41 Å². The molecular weight excluding hydrogens is 250 g/mol. The van der Waals surface area contributed by atoms with Crippen LogP contribution in [-0.4, -0.2) is 29.5 Å². The Labute approximate surface area is 108 Å². The molecule has 0 aromatic heterocycles. The summed E-state index contributed by atoms with van der Waals surface area (Å²) in [7, 11) is 0. The summed E-state index contributed by atoms with van der Waals surface area (Å²) in [6.07, 6.45) is 0. The quantitative estimate of drug-likeness (QED) is 0.366. The molecule has 1 aromatic carbocycles. The van der Waals surface area contributed by atoms with Crippen LogP contribution in [0.15, 0.2) is 40.2 Å². The average molecular weight is 261 g/mol. The van der Waals surface area contributed by atoms with E-state index in [1.165, 1.54) is 24.3 Å². The molecule has 0 saturated carbocycles. The van der Waals surface area contributed by atoms with Crippen LogP contribution in [0.25, 0.3) is 0 Å². The number of carbonyl (C=O) groups excluding carboxylic acids is 1. The molecule has 19 heavy (non-hydrogen) atoms. The van der Waals surface area contributed by atoms with Gasteiger partial charge in [0.2, 0.25) is 5.70 Å². The molecule has 7 nitrogen and oxygen atoms in total. The van der Waals surface area contributed by atoms with Gasteiger partial charge < -0.3 is 9.84 Å². The van der Waals surface area contributed by atoms with Gasteiger partial charge in [-0.25, -0.2) is 9.59 Å². The lowest BCUT2D eigenvalue weighted by Gasteiger charge is -1.98. The molecule has 0 aliphatic heterocycles. The van der Waals surface area contributed by atoms with Gasteiger partial charge in [-0.2, -0.15) is 0 Å². The summed E-state index contributed by atoms with van der Waals surface area (Å²) in [4.78, 5) is 21.9. The predicted molar refractivity (Wildman–Crippen MR) is 65.8 cm³/mol. The first kappa shape index (κ1) is 14.3. The van der Waals surface area contributed by atoms with E-state index in [1.54, 1.807) is 6.92 Å². The van der Waals surface area contributed by atoms with Crippen molar-refractivity contribution in [3.8, 4) is 0 Å². The predicted octanol–water partition coefficient (Wildman–Crippen LogP) is 2.16. The minimum Gasteiger partial charge on any atom is -0.478 e. The summed E-state index contributed by atoms with van der Waals surface area (Å²) in [5, 5.41) is 22.8. The van der Waals surface area contributed by atoms with Crippen LogP contribution in [-0.2, 0) is 9.53 Å². The third-order valence-electron chi connectivity index (χ3n) is 1.97. The van der Waals surface area contributed by atoms with Gasteiger partial charge in [0.05, 0.1) is 17.9 Å². The van der Waals surface area contributed by atoms with Gasteiger partial charge in [0, 0.05) is 5.87 Å². The van der Waals surface area contributed by atoms with E-state index >= 15 is 0 Å². The first-order valence-corrected chi connectivity index (χ1v) is 5.30. The minimum absolute atomic E-state index is 0.118. The lowest BCUT2D eigenvalue weighted by Crippen LogP contribution is -2.06. The van der Waals surface area contributed by atoms with E-state index in [0.717, 1.165) is 0 Å². The van der Waals surface area contributed by atoms with Crippen molar-refractivity contribution in [2.24, 2.45) is 10.2 Å². The number of esters is 1. The van der Waals surface area contributed by atoms with Crippen LogP contribution < -0.4 is 0 Å². The first-order chi connectivity index (χ1) is 9.08. The highest BCUT2D eigenvalue weighted by Crippen LogP contribution is 2.14. The van der Waals surface area contributed by atoms with Crippen molar-refractivity contribution in [1.82, 2.24) is 0 Å². The zero-order valence-electron chi connectivity index (χ0n) is 10.1. The Balaban J connectivity index is 2.83. The van der Waals surface area contributed by atoms with Gasteiger partial charge in [0.1, 0.15) is 0 Å². The summed E-state index contributed by atoms with van der Waals surface area (Å²) in [6, 6.07) is 5.57. The molecule has 0 unspecified atom stereocenters. The number of carboxylic acid groups (broad SMARTS) is 1. The van der Waals surface area contributed by atoms with Crippen LogP contribution in [0.2, 0.25) is 0 Å². The fourth-order valence-corrected chi connectivity index (χ4v) is 1.09. The number of nitrogens with one attached hydrogen (secondary N) is 1. The topological polar surface area (TPSA) is 112 Å². The van der Waals surface area contributed by atoms with Crippen molar-refractivity contribution >= 4 is 23.5 Å². The highest BCUT2D eigenvalue weighted by atomic mass is 16.5. The second kappa shape index (κ2) is 6.83. The molecule has 0 atom stereocenters. The molecule has 1 rings (SSSR count). The summed E-state index contributed by atoms with van der Waals surface area (Å²) in [5.74, 6) is -0.0106. The molecule has 7 heteroatoms. The van der Waals surface area contributed by atoms with Crippen LogP contribution >= 0.6 is 0 Å². The number of ether oxygens (including phenoxy) is 1. The average Bonchev–Trinajstić information content (AvgIpc) is 2.40. The van der Waals surface area contributed by atoms with E-state index in [1.807, 2.05) is 5.87 Å². The lowest BCUT2D eigenvalue weighted by molar-refractivity contribution is -0.138. The number of aromatic carboxylic acids is 1. The third kappa shape index (κ3) is 4.18. The number of carbonyl (C=O) groups is 2. The number of azo groups is 1. The van der Waals surface area contributed by atoms with Crippen LogP contribution in [0.3, 0.4) is 0 Å². The van der Waals surface area contributed by atoms with E-state index in [0.29, 0.717) is 5.69 Å². The Morgan fingerprint density at radius 3 is 2.47 bits per heavy atom. The second-order valence-corrected chi connectivity index (χ2v) is 3.25. The molecule has 0 saturated heterocycles. The minimum atomic E-state index is -1.05. The Hall–Kier alpha value is -2.79. The van der Waals surface area contributed by atoms with E-state index < -0.39 is 11.9 Å². The molecule has 0 spiro atoms. The maximum Gasteiger partial charge on any atom is 0.368 e. The molecule has 2 N–H and O–H groups in total. The van der Waals surface area contributed by atoms with Gasteiger partial charge in [0.25, 0.3) is 0 Å². The van der Waals surface area contributed by atoms with Crippen LogP contribution in [0.4, 0.5) is 5.69 Å². The standard InChI is InChI=1S/C12H11N3O4/c1-2-19-12(18)10(7-13)15-14-9-5-3-8(4-6-9)11(16)17/h3-6,13H,2H2,1H3,(H,16,17). The first-order valence-electron chi connectivity index (χ1n) is 5.30. The Bertz CT molecular complexity index is 557. The van der Waals surface area contributed by atoms with Crippen molar-refractivity contribution in [2.45, 2.75) is 6.92 Å². The summed E-state index contributed by atoms with van der Waals surface area (Å²) >= 11 is 0. The van der Waals surface area contributed by atoms with Crippen molar-refractivity contribution in [3.63, 3.8) is 0 Å². The summed E-state index contributed by atoms with van der Waals surface area (Å²) in [5.41, 5.74) is 0.110. The molecule has 0 amide bonds. The number of hydrogen-bond acceptors (Lipinski definition) is 6. The highest BCUT2D eigenvalue weighted by Gasteiger charge is 2.09. The molecule has 0 aliphatic rings. The summed E-state index contributed by atoms with van der Waals surface area (Å²) in [6.45, 7) is 1.79. The Kier molecular flexibility index (Phi) is 5.13. The molecule has 0 fully saturated rings. The van der Waals surface area contributed by atoms with Crippen LogP contribution in [0.5, 0.6) is 0 Å². The molecule has 98 valence electrons. The van der Waals surface area contributed by atoms with Gasteiger partial charge >= 0.3 is 11.9 Å². The van der Waals surface area contributed by atoms with E-state index in [9.17, 15) is 9.59 Å². The van der Waals surface area contributed by atoms with Gasteiger partial charge in [-0.1, -0.05) is 0 Å². The van der Waals surface area contributed by atoms with Crippen molar-refractivity contribution < 1.29 is 19.4 Å². The fraction of sp³-hybridized carbons (Fsp3) is 0.167. The molecular formula is C12H11N3O4. The van der Waals surface area contributed by atoms with Crippen molar-refractivity contribution in [1.29, 1.82) is 5.41 Å². The largest absolute Gasteiger partial charge is 0.478 e. The maximum absolute atomic E-state index is 11.3. The van der Waals surface area contributed by atoms with E-state index in [2.05, 4.69) is 15.0 Å². The van der Waals surface area contributed by atoms with Gasteiger partial charge in [0.15, 0.2) is 0 Å². The monoisotopic (exact) mass is 261 g/mol. The number of rotatable bonds is 5. The molecule has 0 radical (unpaired) electrons. The van der Waals surface area contributed by atoms with E-state index in [4.69, 9.17) is 10.5 Å². The molecule has 1 aromatic rings.